The van der Waals surface area contributed by atoms with Crippen LogP contribution in [-0.2, 0) is 26.3 Å². The maximum absolute atomic E-state index is 12.6. The van der Waals surface area contributed by atoms with Crippen molar-refractivity contribution in [2.75, 3.05) is 0 Å². The Morgan fingerprint density at radius 2 is 1.72 bits per heavy atom. The van der Waals surface area contributed by atoms with E-state index in [1.54, 1.807) is 33.0 Å². The van der Waals surface area contributed by atoms with Crippen LogP contribution in [0.25, 0.3) is 6.08 Å². The fraction of sp³-hybridized carbons (Fsp3) is 0.435. The highest BCUT2D eigenvalue weighted by Crippen LogP contribution is 2.25. The number of carbonyl (C=O) groups is 2. The van der Waals surface area contributed by atoms with Gasteiger partial charge in [-0.1, -0.05) is 51.1 Å². The SMILES string of the molecule is CC(C)(C)OC(=O)/C(=C/c1cnc(C(C)(C)C)n1Cc1ccccc1)CC(=O)O. The minimum absolute atomic E-state index is 0.0853. The van der Waals surface area contributed by atoms with E-state index in [2.05, 4.69) is 25.8 Å². The van der Waals surface area contributed by atoms with Crippen LogP contribution in [0, 0.1) is 0 Å². The third-order valence-electron chi connectivity index (χ3n) is 4.07. The molecule has 0 aliphatic rings. The molecule has 2 rings (SSSR count). The molecular formula is C23H30N2O4. The molecule has 0 saturated carbocycles. The largest absolute Gasteiger partial charge is 0.481 e. The molecule has 1 aromatic carbocycles. The van der Waals surface area contributed by atoms with Gasteiger partial charge in [-0.25, -0.2) is 9.78 Å². The fourth-order valence-corrected chi connectivity index (χ4v) is 2.90. The highest BCUT2D eigenvalue weighted by Gasteiger charge is 2.25. The molecule has 0 aliphatic carbocycles. The highest BCUT2D eigenvalue weighted by atomic mass is 16.6. The molecule has 1 N–H and O–H groups in total. The highest BCUT2D eigenvalue weighted by molar-refractivity contribution is 5.98. The zero-order chi connectivity index (χ0) is 21.8. The lowest BCUT2D eigenvalue weighted by molar-refractivity contribution is -0.151. The Hall–Kier alpha value is -2.89. The number of rotatable bonds is 6. The van der Waals surface area contributed by atoms with E-state index in [0.29, 0.717) is 12.2 Å². The molecule has 0 fully saturated rings. The van der Waals surface area contributed by atoms with Crippen molar-refractivity contribution in [3.63, 3.8) is 0 Å². The van der Waals surface area contributed by atoms with E-state index in [9.17, 15) is 14.7 Å². The summed E-state index contributed by atoms with van der Waals surface area (Å²) < 4.78 is 7.42. The van der Waals surface area contributed by atoms with E-state index in [1.807, 2.05) is 34.9 Å². The van der Waals surface area contributed by atoms with Crippen molar-refractivity contribution in [1.29, 1.82) is 0 Å². The van der Waals surface area contributed by atoms with Crippen LogP contribution >= 0.6 is 0 Å². The van der Waals surface area contributed by atoms with Crippen LogP contribution in [0.4, 0.5) is 0 Å². The Bertz CT molecular complexity index is 897. The second-order valence-corrected chi connectivity index (χ2v) is 9.07. The molecule has 0 aliphatic heterocycles. The lowest BCUT2D eigenvalue weighted by atomic mass is 9.95. The van der Waals surface area contributed by atoms with Gasteiger partial charge >= 0.3 is 11.9 Å². The summed E-state index contributed by atoms with van der Waals surface area (Å²) in [5.74, 6) is -0.872. The standard InChI is InChI=1S/C23H30N2O4/c1-22(2,3)21-24-14-18(25(21)15-16-10-8-7-9-11-16)12-17(13-19(26)27)20(28)29-23(4,5)6/h7-12,14H,13,15H2,1-6H3,(H,26,27)/b17-12+. The van der Waals surface area contributed by atoms with Crippen LogP contribution in [0.5, 0.6) is 0 Å². The number of ether oxygens (including phenoxy) is 1. The van der Waals surface area contributed by atoms with Gasteiger partial charge in [0.05, 0.1) is 23.9 Å². The van der Waals surface area contributed by atoms with Crippen molar-refractivity contribution in [3.8, 4) is 0 Å². The zero-order valence-electron chi connectivity index (χ0n) is 18.0. The number of hydrogen-bond donors (Lipinski definition) is 1. The second-order valence-electron chi connectivity index (χ2n) is 9.07. The first-order chi connectivity index (χ1) is 13.4. The molecule has 0 radical (unpaired) electrons. The first-order valence-corrected chi connectivity index (χ1v) is 9.62. The smallest absolute Gasteiger partial charge is 0.335 e. The van der Waals surface area contributed by atoms with Crippen molar-refractivity contribution < 1.29 is 19.4 Å². The van der Waals surface area contributed by atoms with E-state index in [4.69, 9.17) is 4.74 Å². The Kier molecular flexibility index (Phi) is 6.67. The molecule has 6 nitrogen and oxygen atoms in total. The lowest BCUT2D eigenvalue weighted by Gasteiger charge is -2.22. The summed E-state index contributed by atoms with van der Waals surface area (Å²) in [5.41, 5.74) is 0.903. The summed E-state index contributed by atoms with van der Waals surface area (Å²) in [6.07, 6.45) is 2.83. The van der Waals surface area contributed by atoms with Gasteiger partial charge in [0.2, 0.25) is 0 Å². The molecular weight excluding hydrogens is 368 g/mol. The molecule has 6 heteroatoms. The van der Waals surface area contributed by atoms with E-state index < -0.39 is 24.0 Å². The molecule has 156 valence electrons. The van der Waals surface area contributed by atoms with Crippen molar-refractivity contribution in [2.24, 2.45) is 0 Å². The van der Waals surface area contributed by atoms with Crippen molar-refractivity contribution >= 4 is 18.0 Å². The molecule has 0 spiro atoms. The van der Waals surface area contributed by atoms with E-state index in [-0.39, 0.29) is 11.0 Å². The summed E-state index contributed by atoms with van der Waals surface area (Å²) in [6.45, 7) is 12.0. The normalized spacial score (nSPS) is 12.7. The number of carboxylic acids is 1. The maximum atomic E-state index is 12.6. The number of carbonyl (C=O) groups excluding carboxylic acids is 1. The van der Waals surface area contributed by atoms with Gasteiger partial charge in [-0.2, -0.15) is 0 Å². The van der Waals surface area contributed by atoms with Crippen LogP contribution in [0.2, 0.25) is 0 Å². The maximum Gasteiger partial charge on any atom is 0.335 e. The van der Waals surface area contributed by atoms with Crippen LogP contribution in [0.3, 0.4) is 0 Å². The zero-order valence-corrected chi connectivity index (χ0v) is 18.0. The minimum atomic E-state index is -1.09. The molecule has 2 aromatic rings. The quantitative estimate of drug-likeness (QED) is 0.575. The summed E-state index contributed by atoms with van der Waals surface area (Å²) in [5, 5.41) is 9.28. The predicted molar refractivity (Wildman–Crippen MR) is 113 cm³/mol. The summed E-state index contributed by atoms with van der Waals surface area (Å²) in [4.78, 5) is 28.5. The first-order valence-electron chi connectivity index (χ1n) is 9.62. The summed E-state index contributed by atoms with van der Waals surface area (Å²) in [7, 11) is 0. The summed E-state index contributed by atoms with van der Waals surface area (Å²) >= 11 is 0. The lowest BCUT2D eigenvalue weighted by Crippen LogP contribution is -2.25. The number of hydrogen-bond acceptors (Lipinski definition) is 4. The molecule has 0 unspecified atom stereocenters. The van der Waals surface area contributed by atoms with Gasteiger partial charge < -0.3 is 14.4 Å². The van der Waals surface area contributed by atoms with Crippen molar-refractivity contribution in [3.05, 3.63) is 59.2 Å². The number of benzene rings is 1. The third-order valence-corrected chi connectivity index (χ3v) is 4.07. The third kappa shape index (κ3) is 6.59. The van der Waals surface area contributed by atoms with E-state index in [0.717, 1.165) is 11.4 Å². The monoisotopic (exact) mass is 398 g/mol. The molecule has 0 amide bonds. The molecule has 1 aromatic heterocycles. The number of esters is 1. The predicted octanol–water partition coefficient (Wildman–Crippen LogP) is 4.43. The van der Waals surface area contributed by atoms with E-state index >= 15 is 0 Å². The number of carboxylic acid groups (broad SMARTS) is 1. The Morgan fingerprint density at radius 1 is 1.10 bits per heavy atom. The number of nitrogens with zero attached hydrogens (tertiary/aromatic N) is 2. The average Bonchev–Trinajstić information content (AvgIpc) is 2.96. The first kappa shape index (κ1) is 22.4. The molecule has 0 saturated heterocycles. The van der Waals surface area contributed by atoms with Gasteiger partial charge in [0, 0.05) is 12.0 Å². The van der Waals surface area contributed by atoms with Gasteiger partial charge in [0.25, 0.3) is 0 Å². The topological polar surface area (TPSA) is 81.4 Å². The molecule has 0 bridgehead atoms. The van der Waals surface area contributed by atoms with E-state index in [1.165, 1.54) is 0 Å². The van der Waals surface area contributed by atoms with Gasteiger partial charge in [-0.3, -0.25) is 4.79 Å². The van der Waals surface area contributed by atoms with Crippen LogP contribution in [0.1, 0.15) is 65.0 Å². The van der Waals surface area contributed by atoms with Crippen molar-refractivity contribution in [1.82, 2.24) is 9.55 Å². The average molecular weight is 399 g/mol. The molecule has 1 heterocycles. The molecule has 29 heavy (non-hydrogen) atoms. The Morgan fingerprint density at radius 3 is 2.24 bits per heavy atom. The fourth-order valence-electron chi connectivity index (χ4n) is 2.90. The van der Waals surface area contributed by atoms with Crippen LogP contribution in [-0.4, -0.2) is 32.2 Å². The van der Waals surface area contributed by atoms with Crippen LogP contribution < -0.4 is 0 Å². The Labute approximate surface area is 172 Å². The number of imidazole rings is 1. The van der Waals surface area contributed by atoms with Gasteiger partial charge in [0.1, 0.15) is 11.4 Å². The van der Waals surface area contributed by atoms with Gasteiger partial charge in [0.15, 0.2) is 0 Å². The van der Waals surface area contributed by atoms with Gasteiger partial charge in [-0.05, 0) is 32.4 Å². The van der Waals surface area contributed by atoms with Crippen molar-refractivity contribution in [2.45, 2.75) is 65.5 Å². The van der Waals surface area contributed by atoms with Gasteiger partial charge in [-0.15, -0.1) is 0 Å². The Balaban J connectivity index is 2.53. The molecule has 0 atom stereocenters. The second kappa shape index (κ2) is 8.64. The summed E-state index contributed by atoms with van der Waals surface area (Å²) in [6, 6.07) is 9.93. The van der Waals surface area contributed by atoms with Crippen LogP contribution in [0.15, 0.2) is 42.1 Å². The minimum Gasteiger partial charge on any atom is -0.481 e. The number of aromatic nitrogens is 2. The number of aliphatic carboxylic acids is 1.